The summed E-state index contributed by atoms with van der Waals surface area (Å²) < 4.78 is 24.3. The highest BCUT2D eigenvalue weighted by molar-refractivity contribution is 8.18. The van der Waals surface area contributed by atoms with Crippen LogP contribution in [-0.2, 0) is 4.79 Å². The standard InChI is InChI=1S/C22H16FNO4S/c23-16-8-6-15(7-9-16)19-11-10-18(28-19)14-20-21(25)24(22(26)29-20)12-13-27-17-4-2-1-3-5-17/h1-11,14H,12-13H2/b20-14-. The molecule has 0 bridgehead atoms. The first-order chi connectivity index (χ1) is 14.1. The zero-order valence-electron chi connectivity index (χ0n) is 15.2. The van der Waals surface area contributed by atoms with E-state index in [4.69, 9.17) is 9.15 Å². The van der Waals surface area contributed by atoms with Gasteiger partial charge in [-0.3, -0.25) is 14.5 Å². The summed E-state index contributed by atoms with van der Waals surface area (Å²) in [6.45, 7) is 0.376. The minimum absolute atomic E-state index is 0.163. The van der Waals surface area contributed by atoms with Crippen LogP contribution in [0, 0.1) is 5.82 Å². The molecule has 2 amide bonds. The minimum atomic E-state index is -0.378. The molecule has 4 rings (SSSR count). The Balaban J connectivity index is 1.41. The number of rotatable bonds is 6. The third-order valence-electron chi connectivity index (χ3n) is 4.23. The molecule has 2 aromatic carbocycles. The van der Waals surface area contributed by atoms with Crippen molar-refractivity contribution in [3.05, 3.63) is 83.2 Å². The van der Waals surface area contributed by atoms with E-state index in [1.165, 1.54) is 18.2 Å². The average molecular weight is 409 g/mol. The predicted molar refractivity (Wildman–Crippen MR) is 109 cm³/mol. The van der Waals surface area contributed by atoms with Crippen molar-refractivity contribution in [2.45, 2.75) is 0 Å². The van der Waals surface area contributed by atoms with Crippen molar-refractivity contribution >= 4 is 29.0 Å². The van der Waals surface area contributed by atoms with Crippen molar-refractivity contribution in [1.29, 1.82) is 0 Å². The summed E-state index contributed by atoms with van der Waals surface area (Å²) >= 11 is 0.863. The van der Waals surface area contributed by atoms with Gasteiger partial charge in [0.15, 0.2) is 0 Å². The van der Waals surface area contributed by atoms with E-state index in [1.807, 2.05) is 30.3 Å². The lowest BCUT2D eigenvalue weighted by Crippen LogP contribution is -2.32. The largest absolute Gasteiger partial charge is 0.492 e. The molecule has 1 aromatic heterocycles. The molecule has 29 heavy (non-hydrogen) atoms. The monoisotopic (exact) mass is 409 g/mol. The summed E-state index contributed by atoms with van der Waals surface area (Å²) in [6, 6.07) is 18.5. The topological polar surface area (TPSA) is 59.8 Å². The smallest absolute Gasteiger partial charge is 0.293 e. The molecule has 5 nitrogen and oxygen atoms in total. The summed E-state index contributed by atoms with van der Waals surface area (Å²) in [5.74, 6) is 0.961. The van der Waals surface area contributed by atoms with Crippen LogP contribution in [0.1, 0.15) is 5.76 Å². The Kier molecular flexibility index (Phi) is 5.48. The number of halogens is 1. The number of hydrogen-bond acceptors (Lipinski definition) is 5. The molecule has 0 aliphatic carbocycles. The van der Waals surface area contributed by atoms with Crippen LogP contribution < -0.4 is 4.74 Å². The highest BCUT2D eigenvalue weighted by Gasteiger charge is 2.35. The van der Waals surface area contributed by atoms with Crippen LogP contribution in [0.25, 0.3) is 17.4 Å². The van der Waals surface area contributed by atoms with Gasteiger partial charge in [-0.05, 0) is 60.3 Å². The number of hydrogen-bond donors (Lipinski definition) is 0. The van der Waals surface area contributed by atoms with Gasteiger partial charge in [0.2, 0.25) is 0 Å². The fourth-order valence-corrected chi connectivity index (χ4v) is 3.64. The molecular formula is C22H16FNO4S. The van der Waals surface area contributed by atoms with Gasteiger partial charge in [-0.2, -0.15) is 0 Å². The number of ether oxygens (including phenoxy) is 1. The first kappa shape index (κ1) is 19.0. The van der Waals surface area contributed by atoms with Crippen molar-refractivity contribution in [1.82, 2.24) is 4.90 Å². The van der Waals surface area contributed by atoms with E-state index in [0.29, 0.717) is 17.3 Å². The van der Waals surface area contributed by atoms with Gasteiger partial charge in [-0.25, -0.2) is 4.39 Å². The van der Waals surface area contributed by atoms with Crippen molar-refractivity contribution in [2.24, 2.45) is 0 Å². The normalized spacial score (nSPS) is 15.3. The number of carbonyl (C=O) groups is 2. The molecule has 0 spiro atoms. The van der Waals surface area contributed by atoms with E-state index >= 15 is 0 Å². The Morgan fingerprint density at radius 3 is 2.52 bits per heavy atom. The van der Waals surface area contributed by atoms with Gasteiger partial charge in [-0.1, -0.05) is 18.2 Å². The molecule has 0 unspecified atom stereocenters. The van der Waals surface area contributed by atoms with Crippen LogP contribution in [0.15, 0.2) is 76.1 Å². The van der Waals surface area contributed by atoms with Gasteiger partial charge in [0, 0.05) is 11.6 Å². The van der Waals surface area contributed by atoms with E-state index in [1.54, 1.807) is 24.3 Å². The number of carbonyl (C=O) groups excluding carboxylic acids is 2. The van der Waals surface area contributed by atoms with Crippen molar-refractivity contribution in [3.8, 4) is 17.1 Å². The van der Waals surface area contributed by atoms with Gasteiger partial charge >= 0.3 is 0 Å². The maximum absolute atomic E-state index is 13.1. The Hall–Kier alpha value is -3.32. The minimum Gasteiger partial charge on any atom is -0.492 e. The van der Waals surface area contributed by atoms with Crippen molar-refractivity contribution in [2.75, 3.05) is 13.2 Å². The third kappa shape index (κ3) is 4.41. The average Bonchev–Trinajstić information content (AvgIpc) is 3.29. The van der Waals surface area contributed by atoms with Crippen LogP contribution in [0.3, 0.4) is 0 Å². The second-order valence-corrected chi connectivity index (χ2v) is 7.20. The van der Waals surface area contributed by atoms with E-state index < -0.39 is 0 Å². The predicted octanol–water partition coefficient (Wildman–Crippen LogP) is 5.20. The maximum atomic E-state index is 13.1. The lowest BCUT2D eigenvalue weighted by molar-refractivity contribution is -0.123. The fourth-order valence-electron chi connectivity index (χ4n) is 2.79. The van der Waals surface area contributed by atoms with E-state index in [2.05, 4.69) is 0 Å². The van der Waals surface area contributed by atoms with E-state index in [9.17, 15) is 14.0 Å². The first-order valence-electron chi connectivity index (χ1n) is 8.89. The van der Waals surface area contributed by atoms with Gasteiger partial charge in [0.1, 0.15) is 29.7 Å². The molecule has 1 aliphatic heterocycles. The van der Waals surface area contributed by atoms with E-state index in [-0.39, 0.29) is 35.0 Å². The quantitative estimate of drug-likeness (QED) is 0.524. The van der Waals surface area contributed by atoms with Crippen LogP contribution in [0.5, 0.6) is 5.75 Å². The fraction of sp³-hybridized carbons (Fsp3) is 0.0909. The van der Waals surface area contributed by atoms with Gasteiger partial charge in [-0.15, -0.1) is 0 Å². The highest BCUT2D eigenvalue weighted by Crippen LogP contribution is 2.33. The molecule has 1 fully saturated rings. The maximum Gasteiger partial charge on any atom is 0.293 e. The number of imide groups is 1. The summed E-state index contributed by atoms with van der Waals surface area (Å²) in [4.78, 5) is 26.2. The lowest BCUT2D eigenvalue weighted by Gasteiger charge is -2.13. The molecule has 1 aliphatic rings. The van der Waals surface area contributed by atoms with Crippen LogP contribution in [0.4, 0.5) is 9.18 Å². The molecule has 146 valence electrons. The lowest BCUT2D eigenvalue weighted by atomic mass is 10.2. The van der Waals surface area contributed by atoms with Gasteiger partial charge in [0.25, 0.3) is 11.1 Å². The number of benzene rings is 2. The van der Waals surface area contributed by atoms with Crippen molar-refractivity contribution < 1.29 is 23.1 Å². The number of para-hydroxylation sites is 1. The molecule has 7 heteroatoms. The molecule has 3 aromatic rings. The SMILES string of the molecule is O=C1S/C(=C\c2ccc(-c3ccc(F)cc3)o2)C(=O)N1CCOc1ccccc1. The molecule has 1 saturated heterocycles. The Morgan fingerprint density at radius 2 is 1.76 bits per heavy atom. The number of nitrogens with zero attached hydrogens (tertiary/aromatic N) is 1. The van der Waals surface area contributed by atoms with Crippen LogP contribution >= 0.6 is 11.8 Å². The van der Waals surface area contributed by atoms with E-state index in [0.717, 1.165) is 22.2 Å². The summed E-state index contributed by atoms with van der Waals surface area (Å²) in [7, 11) is 0. The summed E-state index contributed by atoms with van der Waals surface area (Å²) in [5.41, 5.74) is 0.720. The summed E-state index contributed by atoms with van der Waals surface area (Å²) in [5, 5.41) is -0.344. The Labute approximate surface area is 170 Å². The Bertz CT molecular complexity index is 1060. The molecular weight excluding hydrogens is 393 g/mol. The highest BCUT2D eigenvalue weighted by atomic mass is 32.2. The van der Waals surface area contributed by atoms with Crippen LogP contribution in [-0.4, -0.2) is 29.2 Å². The Morgan fingerprint density at radius 1 is 1.00 bits per heavy atom. The molecule has 0 atom stereocenters. The molecule has 0 radical (unpaired) electrons. The summed E-state index contributed by atoms with van der Waals surface area (Å²) in [6.07, 6.45) is 1.54. The molecule has 2 heterocycles. The first-order valence-corrected chi connectivity index (χ1v) is 9.71. The second-order valence-electron chi connectivity index (χ2n) is 6.20. The number of furan rings is 1. The molecule has 0 N–H and O–H groups in total. The number of amides is 2. The van der Waals surface area contributed by atoms with Crippen LogP contribution in [0.2, 0.25) is 0 Å². The zero-order valence-corrected chi connectivity index (χ0v) is 16.0. The van der Waals surface area contributed by atoms with Gasteiger partial charge in [0.05, 0.1) is 11.4 Å². The second kappa shape index (κ2) is 8.36. The van der Waals surface area contributed by atoms with Gasteiger partial charge < -0.3 is 9.15 Å². The third-order valence-corrected chi connectivity index (χ3v) is 5.14. The number of thioether (sulfide) groups is 1. The molecule has 0 saturated carbocycles. The van der Waals surface area contributed by atoms with Crippen molar-refractivity contribution in [3.63, 3.8) is 0 Å². The zero-order chi connectivity index (χ0) is 20.2.